The molecule has 0 saturated carbocycles. The van der Waals surface area contributed by atoms with Gasteiger partial charge >= 0.3 is 0 Å². The van der Waals surface area contributed by atoms with Crippen LogP contribution in [0.4, 0.5) is 0 Å². The van der Waals surface area contributed by atoms with Crippen LogP contribution < -0.4 is 0 Å². The third-order valence-corrected chi connectivity index (χ3v) is 21.1. The topological polar surface area (TPSA) is 348 Å². The van der Waals surface area contributed by atoms with Crippen LogP contribution in [-0.2, 0) is 38.1 Å². The summed E-state index contributed by atoms with van der Waals surface area (Å²) in [6.07, 6.45) is 6.01. The van der Waals surface area contributed by atoms with Gasteiger partial charge < -0.3 is 80.2 Å². The van der Waals surface area contributed by atoms with E-state index in [9.17, 15) is 66.1 Å². The number of carbonyl (C=O) groups is 4. The van der Waals surface area contributed by atoms with E-state index in [1.165, 1.54) is 62.5 Å². The Bertz CT molecular complexity index is 3000. The number of ether oxygens (including phenoxy) is 4. The molecule has 0 amide bonds. The number of aliphatic hydroxyl groups is 12. The van der Waals surface area contributed by atoms with Crippen molar-refractivity contribution >= 4 is 23.1 Å². The molecule has 20 heteroatoms. The molecule has 9 rings (SSSR count). The molecule has 8 bridgehead atoms. The van der Waals surface area contributed by atoms with E-state index in [1.807, 2.05) is 0 Å². The Kier molecular flexibility index (Phi) is 17.9. The van der Waals surface area contributed by atoms with Crippen molar-refractivity contribution in [2.45, 2.75) is 160 Å². The van der Waals surface area contributed by atoms with Gasteiger partial charge in [-0.3, -0.25) is 19.2 Å². The van der Waals surface area contributed by atoms with Crippen LogP contribution in [0.25, 0.3) is 0 Å². The Morgan fingerprint density at radius 1 is 0.435 bits per heavy atom. The summed E-state index contributed by atoms with van der Waals surface area (Å²) in [6, 6.07) is 0. The highest BCUT2D eigenvalue weighted by Gasteiger charge is 2.69. The van der Waals surface area contributed by atoms with Gasteiger partial charge in [-0.25, -0.2) is 0 Å². The summed E-state index contributed by atoms with van der Waals surface area (Å²) in [5, 5.41) is 137. The second kappa shape index (κ2) is 23.4. The van der Waals surface area contributed by atoms with Gasteiger partial charge in [0.1, 0.15) is 46.1 Å². The van der Waals surface area contributed by atoms with Crippen molar-refractivity contribution in [1.82, 2.24) is 0 Å². The van der Waals surface area contributed by atoms with Crippen molar-refractivity contribution in [2.75, 3.05) is 26.4 Å². The number of allylic oxidation sites excluding steroid dienone is 4. The molecule has 4 aliphatic heterocycles. The van der Waals surface area contributed by atoms with E-state index in [4.69, 9.17) is 18.9 Å². The fourth-order valence-electron chi connectivity index (χ4n) is 15.7. The molecule has 466 valence electrons. The molecule has 4 saturated heterocycles. The van der Waals surface area contributed by atoms with Gasteiger partial charge in [-0.2, -0.15) is 0 Å². The molecule has 0 aromatic carbocycles. The molecule has 20 nitrogen and oxygen atoms in total. The number of hydrogen-bond acceptors (Lipinski definition) is 20. The van der Waals surface area contributed by atoms with Crippen molar-refractivity contribution in [1.29, 1.82) is 0 Å². The summed E-state index contributed by atoms with van der Waals surface area (Å²) in [7, 11) is 0. The predicted octanol–water partition coefficient (Wildman–Crippen LogP) is 2.12. The van der Waals surface area contributed by atoms with Crippen LogP contribution in [0, 0.1) is 69.5 Å². The molecule has 0 aromatic rings. The van der Waals surface area contributed by atoms with E-state index in [0.29, 0.717) is 22.3 Å². The number of Topliss-reactive ketones (excluding diaryl/α,β-unsaturated/α-hetero) is 4. The fourth-order valence-corrected chi connectivity index (χ4v) is 15.7. The lowest BCUT2D eigenvalue weighted by atomic mass is 9.59. The average Bonchev–Trinajstić information content (AvgIpc) is 1.73. The first kappa shape index (κ1) is 64.9. The van der Waals surface area contributed by atoms with Crippen LogP contribution in [0.15, 0.2) is 119 Å². The molecule has 0 aromatic heterocycles. The predicted molar refractivity (Wildman–Crippen MR) is 305 cm³/mol. The highest BCUT2D eigenvalue weighted by Crippen LogP contribution is 2.59. The second-order valence-corrected chi connectivity index (χ2v) is 26.4. The molecular formula is C65H86O20. The molecule has 85 heavy (non-hydrogen) atoms. The molecule has 0 radical (unpaired) electrons. The Morgan fingerprint density at radius 3 is 1.19 bits per heavy atom. The van der Waals surface area contributed by atoms with Crippen molar-refractivity contribution in [3.63, 3.8) is 0 Å². The van der Waals surface area contributed by atoms with E-state index in [1.54, 1.807) is 84.9 Å². The highest BCUT2D eigenvalue weighted by atomic mass is 16.6. The van der Waals surface area contributed by atoms with Gasteiger partial charge in [0.2, 0.25) is 0 Å². The minimum Gasteiger partial charge on any atom is -0.392 e. The van der Waals surface area contributed by atoms with E-state index in [0.717, 1.165) is 0 Å². The summed E-state index contributed by atoms with van der Waals surface area (Å²) >= 11 is 0. The Labute approximate surface area is 495 Å². The minimum absolute atomic E-state index is 0.0405. The third-order valence-electron chi connectivity index (χ3n) is 21.1. The number of aliphatic hydroxyl groups excluding tert-OH is 12. The van der Waals surface area contributed by atoms with Crippen LogP contribution >= 0.6 is 0 Å². The summed E-state index contributed by atoms with van der Waals surface area (Å²) < 4.78 is 25.1. The van der Waals surface area contributed by atoms with E-state index in [2.05, 4.69) is 0 Å². The second-order valence-electron chi connectivity index (χ2n) is 26.4. The first-order chi connectivity index (χ1) is 39.8. The third kappa shape index (κ3) is 10.2. The summed E-state index contributed by atoms with van der Waals surface area (Å²) in [6.45, 7) is 13.3. The molecule has 4 fully saturated rings. The van der Waals surface area contributed by atoms with Crippen molar-refractivity contribution in [3.05, 3.63) is 119 Å². The fraction of sp³-hybridized carbons (Fsp3) is 0.631. The molecule has 0 unspecified atom stereocenters. The number of rotatable bonds is 4. The first-order valence-corrected chi connectivity index (χ1v) is 29.6. The number of ketones is 4. The maximum absolute atomic E-state index is 15.2. The van der Waals surface area contributed by atoms with Gasteiger partial charge in [-0.05, 0) is 117 Å². The Morgan fingerprint density at radius 2 is 0.776 bits per heavy atom. The monoisotopic (exact) mass is 1190 g/mol. The van der Waals surface area contributed by atoms with Gasteiger partial charge in [-0.1, -0.05) is 113 Å². The maximum Gasteiger partial charge on any atom is 0.177 e. The quantitative estimate of drug-likeness (QED) is 0.179. The Hall–Kier alpha value is -4.56. The van der Waals surface area contributed by atoms with Crippen molar-refractivity contribution < 1.29 is 99.4 Å². The van der Waals surface area contributed by atoms with Gasteiger partial charge in [0.15, 0.2) is 48.3 Å². The van der Waals surface area contributed by atoms with Crippen LogP contribution in [0.3, 0.4) is 0 Å². The van der Waals surface area contributed by atoms with E-state index >= 15 is 14.4 Å². The number of carbonyl (C=O) groups excluding carboxylic acids is 4. The number of hydrogen-bond donors (Lipinski definition) is 12. The largest absolute Gasteiger partial charge is 0.392 e. The maximum atomic E-state index is 15.2. The molecule has 4 spiro atoms. The zero-order valence-corrected chi connectivity index (χ0v) is 49.7. The zero-order chi connectivity index (χ0) is 62.5. The van der Waals surface area contributed by atoms with Crippen LogP contribution in [-0.4, -0.2) is 183 Å². The molecule has 9 aliphatic rings. The van der Waals surface area contributed by atoms with Crippen molar-refractivity contribution in [3.8, 4) is 0 Å². The molecule has 12 N–H and O–H groups in total. The van der Waals surface area contributed by atoms with E-state index < -0.39 is 184 Å². The lowest BCUT2D eigenvalue weighted by molar-refractivity contribution is -0.186. The summed E-state index contributed by atoms with van der Waals surface area (Å²) in [4.78, 5) is 60.4. The van der Waals surface area contributed by atoms with Gasteiger partial charge in [-0.15, -0.1) is 0 Å². The zero-order valence-electron chi connectivity index (χ0n) is 49.7. The molecule has 4 heterocycles. The highest BCUT2D eigenvalue weighted by molar-refractivity contribution is 5.97. The van der Waals surface area contributed by atoms with Crippen LogP contribution in [0.1, 0.15) is 88.0 Å². The molecule has 5 aliphatic carbocycles. The lowest BCUT2D eigenvalue weighted by Crippen LogP contribution is -2.55. The normalized spacial score (nSPS) is 50.7. The SMILES string of the molecule is C/C1=C/C=C\[C@H]2C=C(CO)[C@@H](C)C[C@@]23O[C@@H](O)[C@@H](C3=O)[C@@H](O)/C=C\[C@]2(C)C=C(CO)[C@@H](C)C[C@@]23O[C@@H](O)[C@H](C3=O)[C@@H](O)/C(C)=C\C=C/[C@@]2(C)C=C(CO)[C@H](C)C[C@]23O[C@@H](O)[C@H](C3=O)[C@H](O)/C=C\[C@]2(C)C=C(CO)[C@@H](C)C[C@]23O[C@H](O)[C@@H](C3=O)[C@@H]1O. The lowest BCUT2D eigenvalue weighted by Gasteiger charge is -2.47. The summed E-state index contributed by atoms with van der Waals surface area (Å²) in [5.74, 6) is -12.1. The molecule has 24 atom stereocenters. The van der Waals surface area contributed by atoms with Crippen molar-refractivity contribution in [2.24, 2.45) is 69.5 Å². The van der Waals surface area contributed by atoms with E-state index in [-0.39, 0.29) is 43.4 Å². The van der Waals surface area contributed by atoms with Gasteiger partial charge in [0.25, 0.3) is 0 Å². The van der Waals surface area contributed by atoms with Crippen LogP contribution in [0.5, 0.6) is 0 Å². The molecular weight excluding hydrogens is 1100 g/mol. The van der Waals surface area contributed by atoms with Gasteiger partial charge in [0, 0.05) is 22.2 Å². The smallest absolute Gasteiger partial charge is 0.177 e. The standard InChI is InChI=1S/C65H86O20/c1-32-12-10-14-42-20-38(28-66)34(3)21-62(42)51(74)45(55(78)82-62)43(70)15-18-60(8)26-40(30-68)37(6)24-65(60)54(77)48(58(81)85-65)50(73)33(2)13-11-17-59(7)25-39(29-67)35(4)22-63(59)52(75)46(56(79)83-63)44(71)16-19-61(9)27-41(31-69)36(5)23-64(61)53(76)47(49(32)72)57(80)84-64/h10-20,25-27,34-37,42-50,55-58,66-73,78-81H,21-24,28-31H2,1-9H3/b14-10-,17-11-,18-15-,19-16-,32-12-,33-13-/t34-,35+,36-,37-,42-,43-,44+,45+,46-,47+,48-,49+,50-,55+,56+,57-,58+,59-,60+,61+,62+,63+,64+,65-/m0/s1. The summed E-state index contributed by atoms with van der Waals surface area (Å²) in [5.41, 5.74) is -9.76. The van der Waals surface area contributed by atoms with Crippen LogP contribution in [0.2, 0.25) is 0 Å². The minimum atomic E-state index is -1.93. The number of fused-ring (bicyclic) bond motifs is 4. The first-order valence-electron chi connectivity index (χ1n) is 29.6. The average molecular weight is 1190 g/mol. The Balaban J connectivity index is 1.17. The van der Waals surface area contributed by atoms with Gasteiger partial charge in [0.05, 0.1) is 50.8 Å².